The van der Waals surface area contributed by atoms with E-state index in [0.29, 0.717) is 0 Å². The summed E-state index contributed by atoms with van der Waals surface area (Å²) in [5.74, 6) is 0. The summed E-state index contributed by atoms with van der Waals surface area (Å²) >= 11 is 0. The Hall–Kier alpha value is -1.30. The van der Waals surface area contributed by atoms with Crippen molar-refractivity contribution in [3.8, 4) is 0 Å². The highest BCUT2D eigenvalue weighted by atomic mass is 14.4. The second-order valence-electron chi connectivity index (χ2n) is 4.59. The summed E-state index contributed by atoms with van der Waals surface area (Å²) in [4.78, 5) is 0. The van der Waals surface area contributed by atoms with Crippen molar-refractivity contribution in [3.63, 3.8) is 0 Å². The first-order chi connectivity index (χ1) is 9.54. The molecular formula is C20H34. The molecule has 0 nitrogen and oxygen atoms in total. The first kappa shape index (κ1) is 21.0. The summed E-state index contributed by atoms with van der Waals surface area (Å²) in [7, 11) is 0. The van der Waals surface area contributed by atoms with Gasteiger partial charge in [0.05, 0.1) is 0 Å². The Labute approximate surface area is 127 Å². The molecule has 0 saturated carbocycles. The second-order valence-corrected chi connectivity index (χ2v) is 4.59. The molecule has 0 bridgehead atoms. The van der Waals surface area contributed by atoms with Crippen LogP contribution in [0.5, 0.6) is 0 Å². The molecule has 0 aromatic rings. The molecular weight excluding hydrogens is 240 g/mol. The fourth-order valence-corrected chi connectivity index (χ4v) is 2.63. The van der Waals surface area contributed by atoms with E-state index in [2.05, 4.69) is 53.0 Å². The molecule has 0 aliphatic heterocycles. The number of hydrogen-bond donors (Lipinski definition) is 0. The van der Waals surface area contributed by atoms with Crippen molar-refractivity contribution in [1.29, 1.82) is 0 Å². The third-order valence-electron chi connectivity index (χ3n) is 3.32. The zero-order chi connectivity index (χ0) is 16.3. The van der Waals surface area contributed by atoms with Crippen LogP contribution in [0, 0.1) is 5.41 Å². The van der Waals surface area contributed by atoms with Crippen LogP contribution in [0.3, 0.4) is 0 Å². The molecule has 0 amide bonds. The summed E-state index contributed by atoms with van der Waals surface area (Å²) in [6, 6.07) is 0. The highest BCUT2D eigenvalue weighted by Crippen LogP contribution is 2.50. The minimum absolute atomic E-state index is 0.0566. The second kappa shape index (κ2) is 10.5. The van der Waals surface area contributed by atoms with Crippen molar-refractivity contribution in [2.45, 2.75) is 61.8 Å². The van der Waals surface area contributed by atoms with Crippen molar-refractivity contribution in [3.05, 3.63) is 59.8 Å². The standard InChI is InChI=1S/C16H22.2C2H6/c1-7-11-13-12(8-2)14(9-3)16(5,6)15(13)10-4;2*1-2/h8-11H,2-3,7H2,1,4-6H3;2*1-2H3/b13-11-,15-10+;;. The third-order valence-corrected chi connectivity index (χ3v) is 3.32. The largest absolute Gasteiger partial charge is 0.0987 e. The fraction of sp³-hybridized carbons (Fsp3) is 0.500. The SMILES string of the molecule is C=CC1=C(C=C)C(C)(C)C(=C/C)/C1=C\CC.CC.CC. The monoisotopic (exact) mass is 274 g/mol. The van der Waals surface area contributed by atoms with Crippen LogP contribution in [0.2, 0.25) is 0 Å². The average Bonchev–Trinajstić information content (AvgIpc) is 2.69. The van der Waals surface area contributed by atoms with E-state index < -0.39 is 0 Å². The van der Waals surface area contributed by atoms with Gasteiger partial charge in [-0.1, -0.05) is 85.9 Å². The molecule has 1 rings (SSSR count). The van der Waals surface area contributed by atoms with Gasteiger partial charge in [-0.15, -0.1) is 0 Å². The highest BCUT2D eigenvalue weighted by Gasteiger charge is 2.36. The summed E-state index contributed by atoms with van der Waals surface area (Å²) in [5, 5.41) is 0. The lowest BCUT2D eigenvalue weighted by Gasteiger charge is -2.23. The number of allylic oxidation sites excluding steroid dienone is 8. The predicted molar refractivity (Wildman–Crippen MR) is 96.0 cm³/mol. The molecule has 0 aromatic heterocycles. The third kappa shape index (κ3) is 4.10. The summed E-state index contributed by atoms with van der Waals surface area (Å²) in [6.45, 7) is 24.6. The van der Waals surface area contributed by atoms with E-state index in [1.165, 1.54) is 22.3 Å². The van der Waals surface area contributed by atoms with E-state index in [0.717, 1.165) is 6.42 Å². The summed E-state index contributed by atoms with van der Waals surface area (Å²) in [6.07, 6.45) is 9.46. The smallest absolute Gasteiger partial charge is 0.0155 e. The maximum atomic E-state index is 3.94. The van der Waals surface area contributed by atoms with Gasteiger partial charge in [-0.3, -0.25) is 0 Å². The normalized spacial score (nSPS) is 20.0. The van der Waals surface area contributed by atoms with Gasteiger partial charge in [0.25, 0.3) is 0 Å². The first-order valence-electron chi connectivity index (χ1n) is 7.91. The topological polar surface area (TPSA) is 0 Å². The van der Waals surface area contributed by atoms with Crippen LogP contribution in [-0.2, 0) is 0 Å². The Kier molecular flexibility index (Phi) is 11.0. The van der Waals surface area contributed by atoms with Gasteiger partial charge in [-0.25, -0.2) is 0 Å². The lowest BCUT2D eigenvalue weighted by molar-refractivity contribution is 0.577. The van der Waals surface area contributed by atoms with Gasteiger partial charge in [0.1, 0.15) is 0 Å². The van der Waals surface area contributed by atoms with Crippen LogP contribution in [-0.4, -0.2) is 0 Å². The Morgan fingerprint density at radius 1 is 1.00 bits per heavy atom. The summed E-state index contributed by atoms with van der Waals surface area (Å²) < 4.78 is 0. The molecule has 0 N–H and O–H groups in total. The van der Waals surface area contributed by atoms with Crippen LogP contribution in [0.4, 0.5) is 0 Å². The van der Waals surface area contributed by atoms with E-state index >= 15 is 0 Å². The Bertz CT molecular complexity index is 398. The van der Waals surface area contributed by atoms with Gasteiger partial charge >= 0.3 is 0 Å². The van der Waals surface area contributed by atoms with Crippen molar-refractivity contribution >= 4 is 0 Å². The molecule has 0 radical (unpaired) electrons. The van der Waals surface area contributed by atoms with Crippen molar-refractivity contribution in [2.24, 2.45) is 5.41 Å². The van der Waals surface area contributed by atoms with Gasteiger partial charge in [0.15, 0.2) is 0 Å². The molecule has 0 heterocycles. The number of rotatable bonds is 3. The molecule has 0 atom stereocenters. The Morgan fingerprint density at radius 3 is 1.80 bits per heavy atom. The molecule has 0 fully saturated rings. The van der Waals surface area contributed by atoms with E-state index in [4.69, 9.17) is 0 Å². The minimum Gasteiger partial charge on any atom is -0.0987 e. The molecule has 0 unspecified atom stereocenters. The van der Waals surface area contributed by atoms with Gasteiger partial charge < -0.3 is 0 Å². The van der Waals surface area contributed by atoms with E-state index in [1.807, 2.05) is 39.8 Å². The van der Waals surface area contributed by atoms with Crippen LogP contribution < -0.4 is 0 Å². The van der Waals surface area contributed by atoms with Crippen molar-refractivity contribution < 1.29 is 0 Å². The maximum Gasteiger partial charge on any atom is 0.0155 e. The molecule has 0 saturated heterocycles. The predicted octanol–water partition coefficient (Wildman–Crippen LogP) is 7.03. The van der Waals surface area contributed by atoms with Gasteiger partial charge in [0.2, 0.25) is 0 Å². The van der Waals surface area contributed by atoms with Crippen LogP contribution in [0.1, 0.15) is 61.8 Å². The fourth-order valence-electron chi connectivity index (χ4n) is 2.63. The summed E-state index contributed by atoms with van der Waals surface area (Å²) in [5.41, 5.74) is 5.31. The highest BCUT2D eigenvalue weighted by molar-refractivity contribution is 5.67. The van der Waals surface area contributed by atoms with Gasteiger partial charge in [-0.2, -0.15) is 0 Å². The molecule has 1 aliphatic carbocycles. The lowest BCUT2D eigenvalue weighted by Crippen LogP contribution is -2.12. The lowest BCUT2D eigenvalue weighted by atomic mass is 9.80. The molecule has 0 spiro atoms. The molecule has 1 aliphatic rings. The quantitative estimate of drug-likeness (QED) is 0.518. The average molecular weight is 274 g/mol. The first-order valence-corrected chi connectivity index (χ1v) is 7.91. The van der Waals surface area contributed by atoms with E-state index in [9.17, 15) is 0 Å². The van der Waals surface area contributed by atoms with Crippen molar-refractivity contribution in [2.75, 3.05) is 0 Å². The zero-order valence-electron chi connectivity index (χ0n) is 14.9. The Balaban J connectivity index is 0. The maximum absolute atomic E-state index is 3.94. The zero-order valence-corrected chi connectivity index (χ0v) is 14.9. The molecule has 20 heavy (non-hydrogen) atoms. The van der Waals surface area contributed by atoms with Gasteiger partial charge in [0, 0.05) is 5.41 Å². The minimum atomic E-state index is 0.0566. The molecule has 0 heteroatoms. The Morgan fingerprint density at radius 2 is 1.50 bits per heavy atom. The molecule has 0 aromatic carbocycles. The molecule has 114 valence electrons. The van der Waals surface area contributed by atoms with E-state index in [-0.39, 0.29) is 5.41 Å². The van der Waals surface area contributed by atoms with Crippen LogP contribution in [0.15, 0.2) is 59.8 Å². The van der Waals surface area contributed by atoms with Crippen LogP contribution >= 0.6 is 0 Å². The van der Waals surface area contributed by atoms with Gasteiger partial charge in [-0.05, 0) is 35.6 Å². The number of hydrogen-bond acceptors (Lipinski definition) is 0. The van der Waals surface area contributed by atoms with E-state index in [1.54, 1.807) is 0 Å². The van der Waals surface area contributed by atoms with Crippen LogP contribution in [0.25, 0.3) is 0 Å². The van der Waals surface area contributed by atoms with Crippen molar-refractivity contribution in [1.82, 2.24) is 0 Å².